The zero-order valence-electron chi connectivity index (χ0n) is 8.75. The zero-order valence-corrected chi connectivity index (χ0v) is 9.56. The lowest BCUT2D eigenvalue weighted by Crippen LogP contribution is -2.59. The summed E-state index contributed by atoms with van der Waals surface area (Å²) in [5.41, 5.74) is 5.82. The van der Waals surface area contributed by atoms with Crippen molar-refractivity contribution in [2.75, 3.05) is 5.75 Å². The fourth-order valence-electron chi connectivity index (χ4n) is 1.65. The van der Waals surface area contributed by atoms with Gasteiger partial charge >= 0.3 is 0 Å². The number of carbonyl (C=O) groups is 1. The van der Waals surface area contributed by atoms with E-state index in [0.29, 0.717) is 12.0 Å². The Morgan fingerprint density at radius 1 is 1.57 bits per heavy atom. The van der Waals surface area contributed by atoms with Gasteiger partial charge in [-0.25, -0.2) is 0 Å². The highest BCUT2D eigenvalue weighted by atomic mass is 32.2. The van der Waals surface area contributed by atoms with Gasteiger partial charge in [-0.05, 0) is 32.6 Å². The number of rotatable bonds is 3. The molecule has 2 aliphatic rings. The second kappa shape index (κ2) is 3.42. The molecule has 14 heavy (non-hydrogen) atoms. The van der Waals surface area contributed by atoms with Gasteiger partial charge in [-0.3, -0.25) is 4.79 Å². The van der Waals surface area contributed by atoms with Crippen molar-refractivity contribution in [2.24, 2.45) is 11.7 Å². The fourth-order valence-corrected chi connectivity index (χ4v) is 2.80. The molecule has 0 spiro atoms. The summed E-state index contributed by atoms with van der Waals surface area (Å²) in [5.74, 6) is 1.52. The van der Waals surface area contributed by atoms with Crippen LogP contribution >= 0.6 is 11.8 Å². The first-order chi connectivity index (χ1) is 6.50. The first-order valence-electron chi connectivity index (χ1n) is 5.20. The Balaban J connectivity index is 1.82. The Bertz CT molecular complexity index is 251. The maximum atomic E-state index is 11.7. The summed E-state index contributed by atoms with van der Waals surface area (Å²) in [6.45, 7) is 4.32. The van der Waals surface area contributed by atoms with Gasteiger partial charge in [0.2, 0.25) is 5.91 Å². The lowest BCUT2D eigenvalue weighted by atomic mass is 10.0. The van der Waals surface area contributed by atoms with Crippen LogP contribution in [0.2, 0.25) is 0 Å². The van der Waals surface area contributed by atoms with E-state index in [1.807, 2.05) is 11.8 Å². The molecule has 0 aromatic carbocycles. The standard InChI is InChI=1S/C10H18N2OS/c1-10(2)7(5-14-10)12-9(13)8(11)6-3-4-6/h6-8H,3-5,11H2,1-2H3,(H,12,13). The van der Waals surface area contributed by atoms with Gasteiger partial charge in [-0.15, -0.1) is 0 Å². The van der Waals surface area contributed by atoms with Crippen LogP contribution in [0.25, 0.3) is 0 Å². The molecular formula is C10H18N2OS. The Kier molecular flexibility index (Phi) is 2.52. The summed E-state index contributed by atoms with van der Waals surface area (Å²) in [5, 5.41) is 3.04. The van der Waals surface area contributed by atoms with Gasteiger partial charge in [0.15, 0.2) is 0 Å². The molecule has 3 nitrogen and oxygen atoms in total. The van der Waals surface area contributed by atoms with E-state index in [-0.39, 0.29) is 16.7 Å². The Hall–Kier alpha value is -0.220. The third-order valence-corrected chi connectivity index (χ3v) is 4.74. The highest BCUT2D eigenvalue weighted by Crippen LogP contribution is 2.40. The van der Waals surface area contributed by atoms with Gasteiger partial charge in [-0.1, -0.05) is 0 Å². The molecule has 1 heterocycles. The third kappa shape index (κ3) is 1.91. The van der Waals surface area contributed by atoms with E-state index in [1.54, 1.807) is 0 Å². The number of thioether (sulfide) groups is 1. The molecule has 1 aliphatic carbocycles. The third-order valence-electron chi connectivity index (χ3n) is 3.21. The summed E-state index contributed by atoms with van der Waals surface area (Å²) in [6.07, 6.45) is 2.24. The molecule has 3 N–H and O–H groups in total. The Labute approximate surface area is 89.2 Å². The second-order valence-electron chi connectivity index (χ2n) is 4.84. The molecular weight excluding hydrogens is 196 g/mol. The molecule has 4 heteroatoms. The largest absolute Gasteiger partial charge is 0.350 e. The highest BCUT2D eigenvalue weighted by molar-refractivity contribution is 8.02. The van der Waals surface area contributed by atoms with Crippen molar-refractivity contribution in [1.29, 1.82) is 0 Å². The minimum Gasteiger partial charge on any atom is -0.350 e. The Morgan fingerprint density at radius 2 is 2.21 bits per heavy atom. The molecule has 80 valence electrons. The first-order valence-corrected chi connectivity index (χ1v) is 6.19. The number of hydrogen-bond donors (Lipinski definition) is 2. The van der Waals surface area contributed by atoms with Crippen molar-refractivity contribution in [3.8, 4) is 0 Å². The van der Waals surface area contributed by atoms with Crippen LogP contribution in [-0.2, 0) is 4.79 Å². The van der Waals surface area contributed by atoms with Crippen LogP contribution in [0.1, 0.15) is 26.7 Å². The van der Waals surface area contributed by atoms with Crippen LogP contribution in [0.4, 0.5) is 0 Å². The molecule has 0 aromatic heterocycles. The van der Waals surface area contributed by atoms with E-state index in [1.165, 1.54) is 0 Å². The van der Waals surface area contributed by atoms with E-state index in [0.717, 1.165) is 18.6 Å². The minimum absolute atomic E-state index is 0.0471. The van der Waals surface area contributed by atoms with E-state index in [9.17, 15) is 4.79 Å². The van der Waals surface area contributed by atoms with Crippen molar-refractivity contribution in [3.05, 3.63) is 0 Å². The number of nitrogens with one attached hydrogen (secondary N) is 1. The van der Waals surface area contributed by atoms with Gasteiger partial charge in [0.1, 0.15) is 0 Å². The molecule has 1 saturated heterocycles. The van der Waals surface area contributed by atoms with Gasteiger partial charge in [0.05, 0.1) is 12.1 Å². The summed E-state index contributed by atoms with van der Waals surface area (Å²) < 4.78 is 0.193. The van der Waals surface area contributed by atoms with Gasteiger partial charge in [0.25, 0.3) is 0 Å². The highest BCUT2D eigenvalue weighted by Gasteiger charge is 2.42. The van der Waals surface area contributed by atoms with Crippen LogP contribution in [0.15, 0.2) is 0 Å². The van der Waals surface area contributed by atoms with Crippen LogP contribution in [0.5, 0.6) is 0 Å². The van der Waals surface area contributed by atoms with E-state index >= 15 is 0 Å². The summed E-state index contributed by atoms with van der Waals surface area (Å²) in [7, 11) is 0. The van der Waals surface area contributed by atoms with Crippen LogP contribution in [0, 0.1) is 5.92 Å². The maximum Gasteiger partial charge on any atom is 0.237 e. The average molecular weight is 214 g/mol. The summed E-state index contributed by atoms with van der Waals surface area (Å²) in [6, 6.07) is 0.0428. The SMILES string of the molecule is CC1(C)SCC1NC(=O)C(N)C1CC1. The predicted molar refractivity (Wildman–Crippen MR) is 59.2 cm³/mol. The smallest absolute Gasteiger partial charge is 0.237 e. The minimum atomic E-state index is -0.267. The topological polar surface area (TPSA) is 55.1 Å². The van der Waals surface area contributed by atoms with Crippen molar-refractivity contribution >= 4 is 17.7 Å². The molecule has 0 radical (unpaired) electrons. The molecule has 2 fully saturated rings. The number of amides is 1. The zero-order chi connectivity index (χ0) is 10.3. The maximum absolute atomic E-state index is 11.7. The van der Waals surface area contributed by atoms with Crippen molar-refractivity contribution in [3.63, 3.8) is 0 Å². The van der Waals surface area contributed by atoms with Crippen molar-refractivity contribution in [1.82, 2.24) is 5.32 Å². The first kappa shape index (κ1) is 10.3. The molecule has 1 amide bonds. The van der Waals surface area contributed by atoms with Gasteiger partial charge in [-0.2, -0.15) is 11.8 Å². The molecule has 1 aliphatic heterocycles. The fraction of sp³-hybridized carbons (Fsp3) is 0.900. The summed E-state index contributed by atoms with van der Waals surface area (Å²) in [4.78, 5) is 11.7. The van der Waals surface area contributed by atoms with E-state index in [4.69, 9.17) is 5.73 Å². The molecule has 2 rings (SSSR count). The van der Waals surface area contributed by atoms with Gasteiger partial charge in [0, 0.05) is 10.5 Å². The van der Waals surface area contributed by atoms with Crippen LogP contribution in [0.3, 0.4) is 0 Å². The van der Waals surface area contributed by atoms with Crippen molar-refractivity contribution in [2.45, 2.75) is 43.5 Å². The van der Waals surface area contributed by atoms with E-state index in [2.05, 4.69) is 19.2 Å². The molecule has 2 unspecified atom stereocenters. The van der Waals surface area contributed by atoms with Crippen LogP contribution in [-0.4, -0.2) is 28.5 Å². The lowest BCUT2D eigenvalue weighted by Gasteiger charge is -2.44. The van der Waals surface area contributed by atoms with Crippen molar-refractivity contribution < 1.29 is 4.79 Å². The molecule has 1 saturated carbocycles. The number of nitrogens with two attached hydrogens (primary N) is 1. The van der Waals surface area contributed by atoms with E-state index < -0.39 is 0 Å². The predicted octanol–water partition coefficient (Wildman–Crippen LogP) is 0.734. The lowest BCUT2D eigenvalue weighted by molar-refractivity contribution is -0.123. The molecule has 0 bridgehead atoms. The number of hydrogen-bond acceptors (Lipinski definition) is 3. The average Bonchev–Trinajstić information content (AvgIpc) is 2.94. The summed E-state index contributed by atoms with van der Waals surface area (Å²) >= 11 is 1.89. The number of carbonyl (C=O) groups excluding carboxylic acids is 1. The van der Waals surface area contributed by atoms with Crippen LogP contribution < -0.4 is 11.1 Å². The van der Waals surface area contributed by atoms with Gasteiger partial charge < -0.3 is 11.1 Å². The Morgan fingerprint density at radius 3 is 2.57 bits per heavy atom. The quantitative estimate of drug-likeness (QED) is 0.728. The molecule has 0 aromatic rings. The molecule has 2 atom stereocenters. The second-order valence-corrected chi connectivity index (χ2v) is 6.51. The monoisotopic (exact) mass is 214 g/mol. The normalized spacial score (nSPS) is 31.8.